The standard InChI is InChI=1S/C29H22N2/c1-3-10-25(11-4-1)31(26-12-5-2-6-13-26)30-20-24-17-16-23-15-14-21-8-7-9-22-18-19-27(24)29(23)28(21)22/h1-7,9-20,30H,8H2. The van der Waals surface area contributed by atoms with Gasteiger partial charge in [0.2, 0.25) is 0 Å². The van der Waals surface area contributed by atoms with Crippen LogP contribution in [0.3, 0.4) is 0 Å². The van der Waals surface area contributed by atoms with Gasteiger partial charge in [0.1, 0.15) is 0 Å². The SMILES string of the molecule is C1=Cc2ccc3c(=CNN(c4ccccc4)c4ccccc4)ccc4ccc(c2c43)C1. The average Bonchev–Trinajstić information content (AvgIpc) is 2.84. The Bertz CT molecular complexity index is 1430. The van der Waals surface area contributed by atoms with Gasteiger partial charge < -0.3 is 5.43 Å². The fourth-order valence-electron chi connectivity index (χ4n) is 4.60. The summed E-state index contributed by atoms with van der Waals surface area (Å²) in [6.45, 7) is 0. The van der Waals surface area contributed by atoms with E-state index in [0.717, 1.165) is 17.8 Å². The van der Waals surface area contributed by atoms with E-state index in [4.69, 9.17) is 0 Å². The minimum Gasteiger partial charge on any atom is -0.300 e. The van der Waals surface area contributed by atoms with Gasteiger partial charge in [-0.25, -0.2) is 0 Å². The van der Waals surface area contributed by atoms with Crippen molar-refractivity contribution in [2.75, 3.05) is 5.01 Å². The average molecular weight is 399 g/mol. The third kappa shape index (κ3) is 3.04. The van der Waals surface area contributed by atoms with Crippen LogP contribution < -0.4 is 15.7 Å². The van der Waals surface area contributed by atoms with Crippen LogP contribution in [0.15, 0.2) is 103 Å². The van der Waals surface area contributed by atoms with E-state index in [0.29, 0.717) is 0 Å². The maximum atomic E-state index is 3.56. The van der Waals surface area contributed by atoms with Crippen molar-refractivity contribution in [3.63, 3.8) is 0 Å². The molecule has 1 N–H and O–H groups in total. The highest BCUT2D eigenvalue weighted by Gasteiger charge is 2.13. The summed E-state index contributed by atoms with van der Waals surface area (Å²) < 4.78 is 0. The topological polar surface area (TPSA) is 15.3 Å². The smallest absolute Gasteiger partial charge is 0.0630 e. The number of para-hydroxylation sites is 2. The van der Waals surface area contributed by atoms with Crippen molar-refractivity contribution < 1.29 is 0 Å². The first-order valence-electron chi connectivity index (χ1n) is 10.7. The molecule has 0 radical (unpaired) electrons. The molecule has 0 atom stereocenters. The molecule has 1 aliphatic carbocycles. The Labute approximate surface area is 181 Å². The number of hydrogen-bond donors (Lipinski definition) is 1. The molecular formula is C29H22N2. The molecule has 0 amide bonds. The summed E-state index contributed by atoms with van der Waals surface area (Å²) in [7, 11) is 0. The van der Waals surface area contributed by atoms with Crippen molar-refractivity contribution in [2.24, 2.45) is 0 Å². The molecule has 5 aromatic rings. The van der Waals surface area contributed by atoms with E-state index in [1.165, 1.54) is 37.9 Å². The molecule has 1 aliphatic rings. The summed E-state index contributed by atoms with van der Waals surface area (Å²) in [5, 5.41) is 8.64. The number of hydrogen-bond acceptors (Lipinski definition) is 2. The molecule has 2 nitrogen and oxygen atoms in total. The Morgan fingerprint density at radius 1 is 0.677 bits per heavy atom. The molecule has 5 aromatic carbocycles. The second-order valence-corrected chi connectivity index (χ2v) is 7.94. The van der Waals surface area contributed by atoms with Gasteiger partial charge in [0.25, 0.3) is 0 Å². The monoisotopic (exact) mass is 398 g/mol. The molecule has 148 valence electrons. The highest BCUT2D eigenvalue weighted by Crippen LogP contribution is 2.34. The molecule has 0 bridgehead atoms. The highest BCUT2D eigenvalue weighted by atomic mass is 15.5. The van der Waals surface area contributed by atoms with Gasteiger partial charge in [-0.05, 0) is 68.6 Å². The molecular weight excluding hydrogens is 376 g/mol. The van der Waals surface area contributed by atoms with Gasteiger partial charge in [-0.1, -0.05) is 84.9 Å². The van der Waals surface area contributed by atoms with Crippen molar-refractivity contribution in [3.8, 4) is 0 Å². The van der Waals surface area contributed by atoms with Gasteiger partial charge in [-0.2, -0.15) is 0 Å². The summed E-state index contributed by atoms with van der Waals surface area (Å²) in [4.78, 5) is 0. The molecule has 0 aromatic heterocycles. The van der Waals surface area contributed by atoms with Gasteiger partial charge in [0, 0.05) is 6.20 Å². The van der Waals surface area contributed by atoms with Crippen molar-refractivity contribution in [1.82, 2.24) is 5.43 Å². The molecule has 0 aliphatic heterocycles. The van der Waals surface area contributed by atoms with Gasteiger partial charge in [0.15, 0.2) is 0 Å². The molecule has 0 spiro atoms. The lowest BCUT2D eigenvalue weighted by Crippen LogP contribution is -2.30. The van der Waals surface area contributed by atoms with Crippen LogP contribution in [0.1, 0.15) is 11.1 Å². The summed E-state index contributed by atoms with van der Waals surface area (Å²) >= 11 is 0. The van der Waals surface area contributed by atoms with Crippen molar-refractivity contribution >= 4 is 45.2 Å². The van der Waals surface area contributed by atoms with E-state index in [1.807, 2.05) is 12.1 Å². The predicted octanol–water partition coefficient (Wildman–Crippen LogP) is 6.36. The van der Waals surface area contributed by atoms with E-state index in [2.05, 4.69) is 114 Å². The van der Waals surface area contributed by atoms with Crippen LogP contribution in [-0.2, 0) is 6.42 Å². The maximum Gasteiger partial charge on any atom is 0.0630 e. The number of rotatable bonds is 4. The number of nitrogens with one attached hydrogen (secondary N) is 1. The zero-order chi connectivity index (χ0) is 20.6. The lowest BCUT2D eigenvalue weighted by atomic mass is 9.88. The van der Waals surface area contributed by atoms with Gasteiger partial charge in [-0.15, -0.1) is 0 Å². The third-order valence-corrected chi connectivity index (χ3v) is 6.08. The van der Waals surface area contributed by atoms with Crippen LogP contribution in [0.4, 0.5) is 11.4 Å². The lowest BCUT2D eigenvalue weighted by Gasteiger charge is -2.24. The van der Waals surface area contributed by atoms with Crippen LogP contribution in [0.25, 0.3) is 33.8 Å². The predicted molar refractivity (Wildman–Crippen MR) is 132 cm³/mol. The molecule has 0 saturated carbocycles. The van der Waals surface area contributed by atoms with Crippen LogP contribution in [0.5, 0.6) is 0 Å². The summed E-state index contributed by atoms with van der Waals surface area (Å²) in [6, 6.07) is 34.3. The number of allylic oxidation sites excluding steroid dienone is 1. The Balaban J connectivity index is 1.51. The van der Waals surface area contributed by atoms with Crippen LogP contribution >= 0.6 is 0 Å². The zero-order valence-corrected chi connectivity index (χ0v) is 17.1. The minimum absolute atomic E-state index is 1.00. The zero-order valence-electron chi connectivity index (χ0n) is 17.1. The largest absolute Gasteiger partial charge is 0.300 e. The summed E-state index contributed by atoms with van der Waals surface area (Å²) in [5.74, 6) is 0. The highest BCUT2D eigenvalue weighted by molar-refractivity contribution is 6.14. The van der Waals surface area contributed by atoms with Gasteiger partial charge in [-0.3, -0.25) is 5.01 Å². The second-order valence-electron chi connectivity index (χ2n) is 7.94. The Morgan fingerprint density at radius 3 is 2.13 bits per heavy atom. The Hall–Kier alpha value is -4.04. The molecule has 0 fully saturated rings. The quantitative estimate of drug-likeness (QED) is 0.354. The fourth-order valence-corrected chi connectivity index (χ4v) is 4.60. The molecule has 0 heterocycles. The van der Waals surface area contributed by atoms with Crippen molar-refractivity contribution in [2.45, 2.75) is 6.42 Å². The van der Waals surface area contributed by atoms with E-state index in [1.54, 1.807) is 0 Å². The molecule has 31 heavy (non-hydrogen) atoms. The number of nitrogens with zero attached hydrogens (tertiary/aromatic N) is 1. The second kappa shape index (κ2) is 7.33. The van der Waals surface area contributed by atoms with E-state index in [-0.39, 0.29) is 0 Å². The minimum atomic E-state index is 1.00. The first-order chi connectivity index (χ1) is 15.4. The molecule has 6 rings (SSSR count). The van der Waals surface area contributed by atoms with E-state index in [9.17, 15) is 0 Å². The maximum absolute atomic E-state index is 3.56. The fraction of sp³-hybridized carbons (Fsp3) is 0.0345. The van der Waals surface area contributed by atoms with Crippen LogP contribution in [0.2, 0.25) is 0 Å². The molecule has 0 unspecified atom stereocenters. The third-order valence-electron chi connectivity index (χ3n) is 6.08. The number of anilines is 2. The first-order valence-corrected chi connectivity index (χ1v) is 10.7. The van der Waals surface area contributed by atoms with Crippen LogP contribution in [0, 0.1) is 0 Å². The van der Waals surface area contributed by atoms with Crippen molar-refractivity contribution in [1.29, 1.82) is 0 Å². The number of benzene rings is 5. The normalized spacial score (nSPS) is 13.1. The Kier molecular flexibility index (Phi) is 4.21. The van der Waals surface area contributed by atoms with Gasteiger partial charge in [0.05, 0.1) is 11.4 Å². The number of hydrazine groups is 1. The van der Waals surface area contributed by atoms with Crippen molar-refractivity contribution in [3.05, 3.63) is 119 Å². The molecule has 2 heteroatoms. The van der Waals surface area contributed by atoms with Crippen LogP contribution in [-0.4, -0.2) is 0 Å². The lowest BCUT2D eigenvalue weighted by molar-refractivity contribution is 0.930. The summed E-state index contributed by atoms with van der Waals surface area (Å²) in [6.07, 6.45) is 7.63. The van der Waals surface area contributed by atoms with Gasteiger partial charge >= 0.3 is 0 Å². The Morgan fingerprint density at radius 2 is 1.39 bits per heavy atom. The molecule has 0 saturated heterocycles. The summed E-state index contributed by atoms with van der Waals surface area (Å²) in [5.41, 5.74) is 8.47. The van der Waals surface area contributed by atoms with E-state index < -0.39 is 0 Å². The van der Waals surface area contributed by atoms with E-state index >= 15 is 0 Å². The first kappa shape index (κ1) is 17.8.